The summed E-state index contributed by atoms with van der Waals surface area (Å²) in [6.07, 6.45) is 0. The molecule has 0 spiro atoms. The third-order valence-corrected chi connectivity index (χ3v) is 6.78. The zero-order valence-electron chi connectivity index (χ0n) is 16.2. The molecule has 146 valence electrons. The van der Waals surface area contributed by atoms with Crippen LogP contribution in [0.15, 0.2) is 40.2 Å². The molecule has 1 fully saturated rings. The number of halogens is 1. The molecular weight excluding hydrogens is 422 g/mol. The maximum Gasteiger partial charge on any atom is 0.253 e. The zero-order chi connectivity index (χ0) is 19.2. The molecule has 0 aliphatic carbocycles. The van der Waals surface area contributed by atoms with Crippen molar-refractivity contribution in [2.24, 2.45) is 0 Å². The summed E-state index contributed by atoms with van der Waals surface area (Å²) in [6, 6.07) is 12.4. The van der Waals surface area contributed by atoms with Crippen LogP contribution in [0.3, 0.4) is 0 Å². The van der Waals surface area contributed by atoms with Gasteiger partial charge in [-0.2, -0.15) is 0 Å². The van der Waals surface area contributed by atoms with Crippen molar-refractivity contribution < 1.29 is 4.79 Å². The molecule has 0 saturated carbocycles. The molecule has 6 heteroatoms. The first-order chi connectivity index (χ1) is 13.1. The van der Waals surface area contributed by atoms with Crippen molar-refractivity contribution >= 4 is 33.2 Å². The summed E-state index contributed by atoms with van der Waals surface area (Å²) in [5.74, 6) is 0.155. The van der Waals surface area contributed by atoms with Crippen LogP contribution in [-0.4, -0.2) is 59.9 Å². The van der Waals surface area contributed by atoms with Gasteiger partial charge in [0.2, 0.25) is 0 Å². The number of rotatable bonds is 7. The van der Waals surface area contributed by atoms with E-state index in [1.807, 2.05) is 17.0 Å². The summed E-state index contributed by atoms with van der Waals surface area (Å²) in [7, 11) is 0. The van der Waals surface area contributed by atoms with Gasteiger partial charge in [-0.3, -0.25) is 14.6 Å². The highest BCUT2D eigenvalue weighted by atomic mass is 79.9. The minimum atomic E-state index is 0.155. The Morgan fingerprint density at radius 1 is 1.04 bits per heavy atom. The van der Waals surface area contributed by atoms with Crippen LogP contribution in [0.2, 0.25) is 0 Å². The van der Waals surface area contributed by atoms with Crippen LogP contribution in [0.5, 0.6) is 0 Å². The number of benzene rings is 1. The van der Waals surface area contributed by atoms with Crippen LogP contribution in [-0.2, 0) is 13.1 Å². The van der Waals surface area contributed by atoms with Gasteiger partial charge < -0.3 is 4.90 Å². The van der Waals surface area contributed by atoms with Crippen molar-refractivity contribution in [1.82, 2.24) is 14.7 Å². The Kier molecular flexibility index (Phi) is 7.47. The number of thiophene rings is 1. The van der Waals surface area contributed by atoms with E-state index < -0.39 is 0 Å². The lowest BCUT2D eigenvalue weighted by Crippen LogP contribution is -2.48. The molecule has 27 heavy (non-hydrogen) atoms. The van der Waals surface area contributed by atoms with E-state index in [9.17, 15) is 4.79 Å². The molecule has 3 rings (SSSR count). The first kappa shape index (κ1) is 20.5. The summed E-state index contributed by atoms with van der Waals surface area (Å²) in [5.41, 5.74) is 2.07. The molecule has 1 saturated heterocycles. The lowest BCUT2D eigenvalue weighted by molar-refractivity contribution is 0.0629. The Morgan fingerprint density at radius 2 is 1.70 bits per heavy atom. The number of carbonyl (C=O) groups is 1. The minimum Gasteiger partial charge on any atom is -0.336 e. The predicted octanol–water partition coefficient (Wildman–Crippen LogP) is 4.31. The second-order valence-electron chi connectivity index (χ2n) is 6.93. The minimum absolute atomic E-state index is 0.155. The quantitative estimate of drug-likeness (QED) is 0.629. The summed E-state index contributed by atoms with van der Waals surface area (Å²) in [5, 5.41) is 0. The van der Waals surface area contributed by atoms with Gasteiger partial charge in [-0.15, -0.1) is 11.3 Å². The molecule has 1 aliphatic rings. The van der Waals surface area contributed by atoms with Gasteiger partial charge in [0.25, 0.3) is 5.91 Å². The SMILES string of the molecule is CCN(CC)Cc1ccc(C(=O)N2CCN(Cc3ccc(Br)s3)CC2)cc1. The smallest absolute Gasteiger partial charge is 0.253 e. The largest absolute Gasteiger partial charge is 0.336 e. The second kappa shape index (κ2) is 9.82. The molecule has 2 heterocycles. The molecule has 1 aliphatic heterocycles. The normalized spacial score (nSPS) is 15.5. The molecule has 0 N–H and O–H groups in total. The van der Waals surface area contributed by atoms with E-state index >= 15 is 0 Å². The molecular formula is C21H28BrN3OS. The Bertz CT molecular complexity index is 734. The Labute approximate surface area is 174 Å². The average molecular weight is 450 g/mol. The van der Waals surface area contributed by atoms with Gasteiger partial charge in [0, 0.05) is 49.7 Å². The van der Waals surface area contributed by atoms with Gasteiger partial charge in [-0.05, 0) is 58.8 Å². The number of piperazine rings is 1. The maximum absolute atomic E-state index is 12.8. The first-order valence-electron chi connectivity index (χ1n) is 9.66. The third-order valence-electron chi connectivity index (χ3n) is 5.17. The van der Waals surface area contributed by atoms with Gasteiger partial charge in [-0.1, -0.05) is 26.0 Å². The fraction of sp³-hybridized carbons (Fsp3) is 0.476. The lowest BCUT2D eigenvalue weighted by atomic mass is 10.1. The zero-order valence-corrected chi connectivity index (χ0v) is 18.6. The molecule has 0 bridgehead atoms. The standard InChI is InChI=1S/C21H28BrN3OS/c1-3-23(4-2)15-17-5-7-18(8-6-17)21(26)25-13-11-24(12-14-25)16-19-9-10-20(22)27-19/h5-10H,3-4,11-16H2,1-2H3. The summed E-state index contributed by atoms with van der Waals surface area (Å²) >= 11 is 5.31. The van der Waals surface area contributed by atoms with Crippen LogP contribution in [0.4, 0.5) is 0 Å². The van der Waals surface area contributed by atoms with Crippen LogP contribution in [0.1, 0.15) is 34.6 Å². The Balaban J connectivity index is 1.51. The van der Waals surface area contributed by atoms with E-state index in [1.54, 1.807) is 11.3 Å². The number of nitrogens with zero attached hydrogens (tertiary/aromatic N) is 3. The first-order valence-corrected chi connectivity index (χ1v) is 11.3. The van der Waals surface area contributed by atoms with E-state index in [-0.39, 0.29) is 5.91 Å². The Hall–Kier alpha value is -1.21. The highest BCUT2D eigenvalue weighted by Gasteiger charge is 2.22. The predicted molar refractivity (Wildman–Crippen MR) is 116 cm³/mol. The van der Waals surface area contributed by atoms with Gasteiger partial charge in [-0.25, -0.2) is 0 Å². The third kappa shape index (κ3) is 5.64. The van der Waals surface area contributed by atoms with Crippen molar-refractivity contribution in [1.29, 1.82) is 0 Å². The monoisotopic (exact) mass is 449 g/mol. The highest BCUT2D eigenvalue weighted by molar-refractivity contribution is 9.11. The number of hydrogen-bond donors (Lipinski definition) is 0. The maximum atomic E-state index is 12.8. The fourth-order valence-corrected chi connectivity index (χ4v) is 4.93. The van der Waals surface area contributed by atoms with Crippen LogP contribution >= 0.6 is 27.3 Å². The van der Waals surface area contributed by atoms with Gasteiger partial charge in [0.1, 0.15) is 0 Å². The van der Waals surface area contributed by atoms with Crippen molar-refractivity contribution in [3.63, 3.8) is 0 Å². The van der Waals surface area contributed by atoms with Gasteiger partial charge in [0.15, 0.2) is 0 Å². The van der Waals surface area contributed by atoms with Crippen molar-refractivity contribution in [2.45, 2.75) is 26.9 Å². The van der Waals surface area contributed by atoms with Crippen LogP contribution in [0, 0.1) is 0 Å². The van der Waals surface area contributed by atoms with Crippen molar-refractivity contribution in [3.8, 4) is 0 Å². The average Bonchev–Trinajstić information content (AvgIpc) is 3.11. The molecule has 2 aromatic rings. The fourth-order valence-electron chi connectivity index (χ4n) is 3.41. The van der Waals surface area contributed by atoms with E-state index in [2.05, 4.69) is 63.8 Å². The van der Waals surface area contributed by atoms with E-state index in [4.69, 9.17) is 0 Å². The molecule has 0 unspecified atom stereocenters. The van der Waals surface area contributed by atoms with E-state index in [1.165, 1.54) is 14.2 Å². The van der Waals surface area contributed by atoms with Crippen LogP contribution in [0.25, 0.3) is 0 Å². The molecule has 1 aromatic carbocycles. The number of hydrogen-bond acceptors (Lipinski definition) is 4. The molecule has 4 nitrogen and oxygen atoms in total. The number of carbonyl (C=O) groups excluding carboxylic acids is 1. The molecule has 1 aromatic heterocycles. The topological polar surface area (TPSA) is 26.8 Å². The highest BCUT2D eigenvalue weighted by Crippen LogP contribution is 2.23. The van der Waals surface area contributed by atoms with Gasteiger partial charge >= 0.3 is 0 Å². The number of amides is 1. The molecule has 0 radical (unpaired) electrons. The molecule has 1 amide bonds. The summed E-state index contributed by atoms with van der Waals surface area (Å²) in [4.78, 5) is 21.0. The molecule has 0 atom stereocenters. The second-order valence-corrected chi connectivity index (χ2v) is 9.48. The summed E-state index contributed by atoms with van der Waals surface area (Å²) in [6.45, 7) is 11.8. The lowest BCUT2D eigenvalue weighted by Gasteiger charge is -2.34. The Morgan fingerprint density at radius 3 is 2.26 bits per heavy atom. The summed E-state index contributed by atoms with van der Waals surface area (Å²) < 4.78 is 1.18. The van der Waals surface area contributed by atoms with Gasteiger partial charge in [0.05, 0.1) is 3.79 Å². The van der Waals surface area contributed by atoms with Crippen molar-refractivity contribution in [2.75, 3.05) is 39.3 Å². The van der Waals surface area contributed by atoms with Crippen molar-refractivity contribution in [3.05, 3.63) is 56.2 Å². The van der Waals surface area contributed by atoms with E-state index in [0.29, 0.717) is 0 Å². The van der Waals surface area contributed by atoms with Crippen LogP contribution < -0.4 is 0 Å². The van der Waals surface area contributed by atoms with E-state index in [0.717, 1.165) is 57.9 Å².